The quantitative estimate of drug-likeness (QED) is 0.221. The third kappa shape index (κ3) is 11.4. The highest BCUT2D eigenvalue weighted by Crippen LogP contribution is 2.23. The Morgan fingerprint density at radius 3 is 1.89 bits per heavy atom. The van der Waals surface area contributed by atoms with Gasteiger partial charge in [0.1, 0.15) is 0 Å². The molecule has 156 valence electrons. The van der Waals surface area contributed by atoms with Crippen LogP contribution in [0.25, 0.3) is 0 Å². The van der Waals surface area contributed by atoms with Crippen molar-refractivity contribution in [3.05, 3.63) is 60.8 Å². The smallest absolute Gasteiger partial charge is 0.311 e. The Hall–Kier alpha value is -2.36. The molecule has 2 N–H and O–H groups in total. The minimum atomic E-state index is -1.21. The van der Waals surface area contributed by atoms with Crippen molar-refractivity contribution in [2.24, 2.45) is 5.92 Å². The van der Waals surface area contributed by atoms with Crippen LogP contribution >= 0.6 is 0 Å². The van der Waals surface area contributed by atoms with Crippen LogP contribution < -0.4 is 0 Å². The second kappa shape index (κ2) is 14.7. The summed E-state index contributed by atoms with van der Waals surface area (Å²) < 4.78 is 0. The first kappa shape index (κ1) is 25.6. The van der Waals surface area contributed by atoms with Crippen molar-refractivity contribution < 1.29 is 19.8 Å². The minimum Gasteiger partial charge on any atom is -0.481 e. The largest absolute Gasteiger partial charge is 0.481 e. The van der Waals surface area contributed by atoms with E-state index in [9.17, 15) is 9.59 Å². The van der Waals surface area contributed by atoms with Gasteiger partial charge in [0.25, 0.3) is 0 Å². The fraction of sp³-hybridized carbons (Fsp3) is 0.500. The molecule has 0 aromatic rings. The maximum atomic E-state index is 11.2. The molecule has 0 amide bonds. The van der Waals surface area contributed by atoms with E-state index >= 15 is 0 Å². The lowest BCUT2D eigenvalue weighted by Crippen LogP contribution is -2.18. The van der Waals surface area contributed by atoms with Crippen molar-refractivity contribution in [1.82, 2.24) is 0 Å². The first-order valence-corrected chi connectivity index (χ1v) is 10.1. The van der Waals surface area contributed by atoms with Gasteiger partial charge in [-0.25, -0.2) is 0 Å². The Morgan fingerprint density at radius 1 is 0.857 bits per heavy atom. The van der Waals surface area contributed by atoms with Gasteiger partial charge in [0.05, 0.1) is 12.3 Å². The molecule has 28 heavy (non-hydrogen) atoms. The molecule has 0 aliphatic rings. The Kier molecular flexibility index (Phi) is 13.4. The Morgan fingerprint density at radius 2 is 1.39 bits per heavy atom. The second-order valence-electron chi connectivity index (χ2n) is 7.23. The molecule has 0 fully saturated rings. The van der Waals surface area contributed by atoms with Gasteiger partial charge in [-0.15, -0.1) is 0 Å². The SMILES string of the molecule is C=C(/C=C/C(=C)C(CC(=O)O)C(=O)O)C(=C)C(=C)CCCCCCCCCC. The Balaban J connectivity index is 4.34. The van der Waals surface area contributed by atoms with Gasteiger partial charge in [-0.3, -0.25) is 9.59 Å². The van der Waals surface area contributed by atoms with E-state index in [0.29, 0.717) is 5.57 Å². The van der Waals surface area contributed by atoms with Crippen molar-refractivity contribution >= 4 is 11.9 Å². The highest BCUT2D eigenvalue weighted by Gasteiger charge is 2.22. The van der Waals surface area contributed by atoms with E-state index < -0.39 is 24.3 Å². The second-order valence-corrected chi connectivity index (χ2v) is 7.23. The molecule has 0 saturated heterocycles. The number of hydrogen-bond acceptors (Lipinski definition) is 2. The molecule has 0 bridgehead atoms. The van der Waals surface area contributed by atoms with Crippen LogP contribution in [0.3, 0.4) is 0 Å². The zero-order valence-corrected chi connectivity index (χ0v) is 17.3. The van der Waals surface area contributed by atoms with E-state index in [-0.39, 0.29) is 5.57 Å². The van der Waals surface area contributed by atoms with Crippen molar-refractivity contribution in [3.63, 3.8) is 0 Å². The number of carboxylic acids is 2. The van der Waals surface area contributed by atoms with Gasteiger partial charge in [0, 0.05) is 0 Å². The zero-order valence-electron chi connectivity index (χ0n) is 17.3. The molecule has 0 spiro atoms. The molecule has 0 aliphatic heterocycles. The third-order valence-electron chi connectivity index (χ3n) is 4.77. The van der Waals surface area contributed by atoms with E-state index in [4.69, 9.17) is 10.2 Å². The fourth-order valence-electron chi connectivity index (χ4n) is 2.83. The number of rotatable bonds is 17. The van der Waals surface area contributed by atoms with Crippen LogP contribution in [0.2, 0.25) is 0 Å². The normalized spacial score (nSPS) is 11.9. The van der Waals surface area contributed by atoms with Gasteiger partial charge >= 0.3 is 11.9 Å². The lowest BCUT2D eigenvalue weighted by atomic mass is 9.93. The van der Waals surface area contributed by atoms with Gasteiger partial charge in [-0.05, 0) is 35.1 Å². The maximum absolute atomic E-state index is 11.2. The molecule has 4 nitrogen and oxygen atoms in total. The van der Waals surface area contributed by atoms with Gasteiger partial charge < -0.3 is 10.2 Å². The fourth-order valence-corrected chi connectivity index (χ4v) is 2.83. The summed E-state index contributed by atoms with van der Waals surface area (Å²) in [5, 5.41) is 18.0. The summed E-state index contributed by atoms with van der Waals surface area (Å²) in [5.41, 5.74) is 2.51. The summed E-state index contributed by atoms with van der Waals surface area (Å²) in [4.78, 5) is 22.0. The van der Waals surface area contributed by atoms with Crippen LogP contribution in [0.4, 0.5) is 0 Å². The molecule has 0 rings (SSSR count). The summed E-state index contributed by atoms with van der Waals surface area (Å²) in [6.45, 7) is 17.9. The average Bonchev–Trinajstić information content (AvgIpc) is 2.64. The number of allylic oxidation sites excluding steroid dienone is 5. The standard InChI is InChI=1S/C24H36O4/c1-6-7-8-9-10-11-12-13-14-18(2)21(5)19(3)15-16-20(4)22(24(27)28)17-23(25)26/h15-16,22H,2-14,17H2,1H3,(H,25,26)(H,27,28)/b16-15+. The lowest BCUT2D eigenvalue weighted by molar-refractivity contribution is -0.146. The number of carbonyl (C=O) groups is 2. The zero-order chi connectivity index (χ0) is 21.5. The molecule has 4 heteroatoms. The van der Waals surface area contributed by atoms with Crippen LogP contribution in [-0.4, -0.2) is 22.2 Å². The van der Waals surface area contributed by atoms with Crippen LogP contribution in [0.15, 0.2) is 60.8 Å². The summed E-state index contributed by atoms with van der Waals surface area (Å²) in [6.07, 6.45) is 13.5. The Bertz CT molecular complexity index is 610. The van der Waals surface area contributed by atoms with Crippen molar-refractivity contribution in [2.75, 3.05) is 0 Å². The van der Waals surface area contributed by atoms with Crippen molar-refractivity contribution in [2.45, 2.75) is 71.1 Å². The summed E-state index contributed by atoms with van der Waals surface area (Å²) in [6, 6.07) is 0. The monoisotopic (exact) mass is 388 g/mol. The minimum absolute atomic E-state index is 0.220. The number of carboxylic acid groups (broad SMARTS) is 2. The molecular formula is C24H36O4. The van der Waals surface area contributed by atoms with E-state index in [0.717, 1.165) is 24.0 Å². The first-order valence-electron chi connectivity index (χ1n) is 10.1. The molecule has 0 heterocycles. The highest BCUT2D eigenvalue weighted by molar-refractivity contribution is 5.81. The summed E-state index contributed by atoms with van der Waals surface area (Å²) in [5.74, 6) is -3.54. The van der Waals surface area contributed by atoms with Crippen molar-refractivity contribution in [1.29, 1.82) is 0 Å². The molecular weight excluding hydrogens is 352 g/mol. The van der Waals surface area contributed by atoms with Crippen molar-refractivity contribution in [3.8, 4) is 0 Å². The molecule has 0 radical (unpaired) electrons. The third-order valence-corrected chi connectivity index (χ3v) is 4.77. The maximum Gasteiger partial charge on any atom is 0.311 e. The van der Waals surface area contributed by atoms with Gasteiger partial charge in [-0.2, -0.15) is 0 Å². The number of unbranched alkanes of at least 4 members (excludes halogenated alkanes) is 7. The van der Waals surface area contributed by atoms with Crippen LogP contribution in [0.1, 0.15) is 71.1 Å². The number of aliphatic carboxylic acids is 2. The predicted octanol–water partition coefficient (Wildman–Crippen LogP) is 6.47. The molecule has 0 aromatic heterocycles. The van der Waals surface area contributed by atoms with E-state index in [1.165, 1.54) is 51.0 Å². The summed E-state index contributed by atoms with van der Waals surface area (Å²) >= 11 is 0. The average molecular weight is 389 g/mol. The van der Waals surface area contributed by atoms with E-state index in [2.05, 4.69) is 33.2 Å². The Labute approximate surface area is 170 Å². The summed E-state index contributed by atoms with van der Waals surface area (Å²) in [7, 11) is 0. The molecule has 1 atom stereocenters. The van der Waals surface area contributed by atoms with Gasteiger partial charge in [0.2, 0.25) is 0 Å². The molecule has 1 unspecified atom stereocenters. The van der Waals surface area contributed by atoms with Gasteiger partial charge in [-0.1, -0.05) is 90.3 Å². The molecule has 0 aromatic carbocycles. The van der Waals surface area contributed by atoms with E-state index in [1.807, 2.05) is 0 Å². The predicted molar refractivity (Wildman–Crippen MR) is 116 cm³/mol. The van der Waals surface area contributed by atoms with Crippen LogP contribution in [0, 0.1) is 5.92 Å². The highest BCUT2D eigenvalue weighted by atomic mass is 16.4. The van der Waals surface area contributed by atoms with E-state index in [1.54, 1.807) is 6.08 Å². The lowest BCUT2D eigenvalue weighted by Gasteiger charge is -2.12. The molecule has 0 aliphatic carbocycles. The van der Waals surface area contributed by atoms with Crippen LogP contribution in [-0.2, 0) is 9.59 Å². The topological polar surface area (TPSA) is 74.6 Å². The number of hydrogen-bond donors (Lipinski definition) is 2. The van der Waals surface area contributed by atoms with Gasteiger partial charge in [0.15, 0.2) is 0 Å². The molecule has 0 saturated carbocycles. The van der Waals surface area contributed by atoms with Crippen LogP contribution in [0.5, 0.6) is 0 Å². The first-order chi connectivity index (χ1) is 13.2.